The number of nitrogens with zero attached hydrogens (tertiary/aromatic N) is 4. The van der Waals surface area contributed by atoms with Gasteiger partial charge in [-0.3, -0.25) is 14.6 Å². The van der Waals surface area contributed by atoms with E-state index in [-0.39, 0.29) is 17.7 Å². The first-order valence-electron chi connectivity index (χ1n) is 10.8. The minimum Gasteiger partial charge on any atom is -0.352 e. The maximum Gasteiger partial charge on any atom is 0.263 e. The molecule has 0 aromatic carbocycles. The standard InChI is InChI=1S/C23H26ClN5O2S/c1-16-3-4-18(22(30)26-9-2-11-28-14-10-25-15-28)21(27-16)17-7-12-29(13-8-17)23(31)19-5-6-20(24)32-19/h3-6,10,14-15,17H,2,7-9,11-13H2,1H3,(H,26,30). The molecule has 0 spiro atoms. The second-order valence-corrected chi connectivity index (χ2v) is 9.68. The van der Waals surface area contributed by atoms with E-state index in [9.17, 15) is 9.59 Å². The molecule has 32 heavy (non-hydrogen) atoms. The number of pyridine rings is 1. The van der Waals surface area contributed by atoms with Crippen LogP contribution in [0.25, 0.3) is 0 Å². The minimum absolute atomic E-state index is 0.0217. The number of aromatic nitrogens is 3. The molecule has 2 amide bonds. The van der Waals surface area contributed by atoms with Crippen molar-refractivity contribution in [2.45, 2.75) is 38.6 Å². The highest BCUT2D eigenvalue weighted by Gasteiger charge is 2.28. The van der Waals surface area contributed by atoms with E-state index in [4.69, 9.17) is 16.6 Å². The lowest BCUT2D eigenvalue weighted by atomic mass is 9.89. The molecule has 0 atom stereocenters. The van der Waals surface area contributed by atoms with Crippen molar-refractivity contribution in [3.05, 3.63) is 69.2 Å². The van der Waals surface area contributed by atoms with E-state index in [2.05, 4.69) is 10.3 Å². The number of piperidine rings is 1. The van der Waals surface area contributed by atoms with E-state index < -0.39 is 0 Å². The van der Waals surface area contributed by atoms with Gasteiger partial charge in [-0.05, 0) is 50.5 Å². The zero-order valence-corrected chi connectivity index (χ0v) is 19.5. The number of aryl methyl sites for hydroxylation is 2. The third kappa shape index (κ3) is 5.37. The maximum atomic E-state index is 12.9. The van der Waals surface area contributed by atoms with Crippen LogP contribution in [-0.2, 0) is 6.54 Å². The molecule has 1 aliphatic heterocycles. The summed E-state index contributed by atoms with van der Waals surface area (Å²) in [5, 5.41) is 3.02. The van der Waals surface area contributed by atoms with Gasteiger partial charge in [0.15, 0.2) is 0 Å². The summed E-state index contributed by atoms with van der Waals surface area (Å²) in [5.41, 5.74) is 2.36. The Morgan fingerprint density at radius 3 is 2.72 bits per heavy atom. The van der Waals surface area contributed by atoms with Crippen LogP contribution in [0.2, 0.25) is 4.34 Å². The molecule has 3 aromatic heterocycles. The van der Waals surface area contributed by atoms with Crippen molar-refractivity contribution in [2.24, 2.45) is 0 Å². The van der Waals surface area contributed by atoms with Crippen LogP contribution in [-0.4, -0.2) is 50.9 Å². The zero-order valence-electron chi connectivity index (χ0n) is 18.0. The molecular weight excluding hydrogens is 446 g/mol. The highest BCUT2D eigenvalue weighted by atomic mass is 35.5. The Kier molecular flexibility index (Phi) is 7.22. The van der Waals surface area contributed by atoms with E-state index in [1.165, 1.54) is 11.3 Å². The predicted molar refractivity (Wildman–Crippen MR) is 125 cm³/mol. The summed E-state index contributed by atoms with van der Waals surface area (Å²) in [6, 6.07) is 7.28. The summed E-state index contributed by atoms with van der Waals surface area (Å²) in [6.45, 7) is 4.61. The summed E-state index contributed by atoms with van der Waals surface area (Å²) in [5.74, 6) is 0.0795. The molecule has 4 rings (SSSR count). The van der Waals surface area contributed by atoms with Gasteiger partial charge in [-0.25, -0.2) is 4.98 Å². The number of imidazole rings is 1. The second kappa shape index (κ2) is 10.3. The van der Waals surface area contributed by atoms with Crippen LogP contribution in [0.15, 0.2) is 43.0 Å². The van der Waals surface area contributed by atoms with Crippen molar-refractivity contribution in [1.82, 2.24) is 24.8 Å². The number of carbonyl (C=O) groups is 2. The first kappa shape index (κ1) is 22.5. The lowest BCUT2D eigenvalue weighted by Crippen LogP contribution is -2.38. The van der Waals surface area contributed by atoms with Gasteiger partial charge < -0.3 is 14.8 Å². The highest BCUT2D eigenvalue weighted by Crippen LogP contribution is 2.31. The Bertz CT molecular complexity index is 1070. The number of hydrogen-bond donors (Lipinski definition) is 1. The number of hydrogen-bond acceptors (Lipinski definition) is 5. The molecule has 9 heteroatoms. The topological polar surface area (TPSA) is 80.1 Å². The number of thiophene rings is 1. The van der Waals surface area contributed by atoms with Crippen molar-refractivity contribution in [2.75, 3.05) is 19.6 Å². The van der Waals surface area contributed by atoms with Crippen LogP contribution < -0.4 is 5.32 Å². The molecule has 1 fully saturated rings. The lowest BCUT2D eigenvalue weighted by Gasteiger charge is -2.32. The van der Waals surface area contributed by atoms with Crippen LogP contribution >= 0.6 is 22.9 Å². The molecule has 168 valence electrons. The molecule has 1 aliphatic rings. The monoisotopic (exact) mass is 471 g/mol. The average Bonchev–Trinajstić information content (AvgIpc) is 3.48. The van der Waals surface area contributed by atoms with Crippen LogP contribution in [0.5, 0.6) is 0 Å². The third-order valence-corrected chi connectivity index (χ3v) is 6.92. The van der Waals surface area contributed by atoms with Gasteiger partial charge in [0, 0.05) is 50.2 Å². The smallest absolute Gasteiger partial charge is 0.263 e. The Hall–Kier alpha value is -2.71. The number of nitrogens with one attached hydrogen (secondary N) is 1. The molecule has 0 aliphatic carbocycles. The van der Waals surface area contributed by atoms with Gasteiger partial charge in [-0.1, -0.05) is 11.6 Å². The molecule has 0 bridgehead atoms. The number of halogens is 1. The molecule has 4 heterocycles. The Morgan fingerprint density at radius 1 is 1.22 bits per heavy atom. The van der Waals surface area contributed by atoms with E-state index in [1.807, 2.05) is 34.7 Å². The fourth-order valence-electron chi connectivity index (χ4n) is 4.00. The summed E-state index contributed by atoms with van der Waals surface area (Å²) in [7, 11) is 0. The molecule has 1 N–H and O–H groups in total. The third-order valence-electron chi connectivity index (χ3n) is 5.70. The normalized spacial score (nSPS) is 14.5. The highest BCUT2D eigenvalue weighted by molar-refractivity contribution is 7.17. The van der Waals surface area contributed by atoms with Gasteiger partial charge in [0.05, 0.1) is 26.8 Å². The van der Waals surface area contributed by atoms with Gasteiger partial charge in [0.25, 0.3) is 11.8 Å². The van der Waals surface area contributed by atoms with Gasteiger partial charge in [-0.2, -0.15) is 0 Å². The molecular formula is C23H26ClN5O2S. The zero-order chi connectivity index (χ0) is 22.5. The SMILES string of the molecule is Cc1ccc(C(=O)NCCCn2ccnc2)c(C2CCN(C(=O)c3ccc(Cl)s3)CC2)n1. The van der Waals surface area contributed by atoms with Crippen LogP contribution in [0.3, 0.4) is 0 Å². The van der Waals surface area contributed by atoms with Gasteiger partial charge >= 0.3 is 0 Å². The Morgan fingerprint density at radius 2 is 2.03 bits per heavy atom. The van der Waals surface area contributed by atoms with Crippen molar-refractivity contribution >= 4 is 34.8 Å². The largest absolute Gasteiger partial charge is 0.352 e. The maximum absolute atomic E-state index is 12.9. The van der Waals surface area contributed by atoms with E-state index in [0.717, 1.165) is 37.2 Å². The van der Waals surface area contributed by atoms with E-state index >= 15 is 0 Å². The number of rotatable bonds is 7. The average molecular weight is 472 g/mol. The molecule has 0 saturated carbocycles. The number of amides is 2. The second-order valence-electron chi connectivity index (χ2n) is 7.97. The van der Waals surface area contributed by atoms with Crippen molar-refractivity contribution < 1.29 is 9.59 Å². The summed E-state index contributed by atoms with van der Waals surface area (Å²) in [4.78, 5) is 36.9. The fraction of sp³-hybridized carbons (Fsp3) is 0.391. The quantitative estimate of drug-likeness (QED) is 0.525. The molecule has 0 radical (unpaired) electrons. The Balaban J connectivity index is 1.36. The van der Waals surface area contributed by atoms with E-state index in [0.29, 0.717) is 34.4 Å². The Labute approximate surface area is 196 Å². The van der Waals surface area contributed by atoms with Crippen molar-refractivity contribution in [3.63, 3.8) is 0 Å². The lowest BCUT2D eigenvalue weighted by molar-refractivity contribution is 0.0715. The van der Waals surface area contributed by atoms with Crippen LogP contribution in [0, 0.1) is 6.92 Å². The number of carbonyl (C=O) groups excluding carboxylic acids is 2. The number of likely N-dealkylation sites (tertiary alicyclic amines) is 1. The minimum atomic E-state index is -0.0927. The fourth-order valence-corrected chi connectivity index (χ4v) is 5.01. The van der Waals surface area contributed by atoms with Crippen molar-refractivity contribution in [3.8, 4) is 0 Å². The van der Waals surface area contributed by atoms with Crippen LogP contribution in [0.1, 0.15) is 56.6 Å². The summed E-state index contributed by atoms with van der Waals surface area (Å²) >= 11 is 7.28. The van der Waals surface area contributed by atoms with Crippen LogP contribution in [0.4, 0.5) is 0 Å². The van der Waals surface area contributed by atoms with Crippen molar-refractivity contribution in [1.29, 1.82) is 0 Å². The van der Waals surface area contributed by atoms with E-state index in [1.54, 1.807) is 24.7 Å². The predicted octanol–water partition coefficient (Wildman–Crippen LogP) is 4.14. The first-order valence-corrected chi connectivity index (χ1v) is 12.0. The van der Waals surface area contributed by atoms with Gasteiger partial charge in [0.1, 0.15) is 0 Å². The molecule has 0 unspecified atom stereocenters. The molecule has 7 nitrogen and oxygen atoms in total. The first-order chi connectivity index (χ1) is 15.5. The van der Waals surface area contributed by atoms with Gasteiger partial charge in [0.2, 0.25) is 0 Å². The summed E-state index contributed by atoms with van der Waals surface area (Å²) in [6.07, 6.45) is 7.81. The summed E-state index contributed by atoms with van der Waals surface area (Å²) < 4.78 is 2.61. The molecule has 1 saturated heterocycles. The van der Waals surface area contributed by atoms with Gasteiger partial charge in [-0.15, -0.1) is 11.3 Å². The molecule has 3 aromatic rings.